The van der Waals surface area contributed by atoms with Gasteiger partial charge in [-0.05, 0) is 43.1 Å². The van der Waals surface area contributed by atoms with E-state index in [1.54, 1.807) is 0 Å². The number of nitrogens with zero attached hydrogens (tertiary/aromatic N) is 1. The van der Waals surface area contributed by atoms with Crippen molar-refractivity contribution in [1.29, 1.82) is 0 Å². The van der Waals surface area contributed by atoms with Crippen molar-refractivity contribution in [3.63, 3.8) is 0 Å². The number of hydrogen-bond donors (Lipinski definition) is 1. The summed E-state index contributed by atoms with van der Waals surface area (Å²) in [7, 11) is 0. The molecule has 3 rings (SSSR count). The molecule has 0 fully saturated rings. The van der Waals surface area contributed by atoms with Gasteiger partial charge in [0.15, 0.2) is 0 Å². The Kier molecular flexibility index (Phi) is 4.30. The summed E-state index contributed by atoms with van der Waals surface area (Å²) in [6.45, 7) is 6.39. The van der Waals surface area contributed by atoms with Gasteiger partial charge in [0.05, 0.1) is 6.54 Å². The number of nitrogens with one attached hydrogen (secondary N) is 1. The second-order valence-corrected chi connectivity index (χ2v) is 5.87. The fourth-order valence-electron chi connectivity index (χ4n) is 2.90. The zero-order valence-electron chi connectivity index (χ0n) is 12.9. The molecular weight excluding hydrogens is 260 g/mol. The highest BCUT2D eigenvalue weighted by molar-refractivity contribution is 5.37. The number of ether oxygens (including phenoxy) is 1. The van der Waals surface area contributed by atoms with E-state index in [1.165, 1.54) is 17.5 Å². The lowest BCUT2D eigenvalue weighted by atomic mass is 10.1. The molecular formula is C18H24N2O. The van der Waals surface area contributed by atoms with E-state index in [0.717, 1.165) is 25.3 Å². The Labute approximate surface area is 126 Å². The molecule has 112 valence electrons. The van der Waals surface area contributed by atoms with Gasteiger partial charge in [-0.1, -0.05) is 25.1 Å². The third kappa shape index (κ3) is 3.30. The van der Waals surface area contributed by atoms with Gasteiger partial charge in [-0.3, -0.25) is 0 Å². The van der Waals surface area contributed by atoms with Crippen LogP contribution in [0.3, 0.4) is 0 Å². The van der Waals surface area contributed by atoms with Crippen LogP contribution in [0.4, 0.5) is 0 Å². The predicted octanol–water partition coefficient (Wildman–Crippen LogP) is 3.55. The Morgan fingerprint density at radius 2 is 2.19 bits per heavy atom. The van der Waals surface area contributed by atoms with Crippen molar-refractivity contribution in [3.05, 3.63) is 53.9 Å². The van der Waals surface area contributed by atoms with Gasteiger partial charge >= 0.3 is 0 Å². The Hall–Kier alpha value is -1.74. The van der Waals surface area contributed by atoms with Crippen LogP contribution in [-0.2, 0) is 13.0 Å². The van der Waals surface area contributed by atoms with Gasteiger partial charge in [0, 0.05) is 24.9 Å². The van der Waals surface area contributed by atoms with Crippen LogP contribution in [0.5, 0.6) is 5.75 Å². The summed E-state index contributed by atoms with van der Waals surface area (Å²) < 4.78 is 8.26. The molecule has 0 bridgehead atoms. The van der Waals surface area contributed by atoms with Crippen molar-refractivity contribution in [1.82, 2.24) is 9.88 Å². The zero-order chi connectivity index (χ0) is 14.7. The van der Waals surface area contributed by atoms with Crippen molar-refractivity contribution in [2.45, 2.75) is 45.4 Å². The molecule has 1 aliphatic rings. The molecule has 2 atom stereocenters. The second-order valence-electron chi connectivity index (χ2n) is 5.87. The number of rotatable bonds is 6. The van der Waals surface area contributed by atoms with E-state index >= 15 is 0 Å². The molecule has 0 saturated carbocycles. The first kappa shape index (κ1) is 14.2. The molecule has 3 heteroatoms. The second kappa shape index (κ2) is 6.35. The minimum absolute atomic E-state index is 0.251. The maximum atomic E-state index is 6.01. The number of para-hydroxylation sites is 1. The van der Waals surface area contributed by atoms with E-state index in [-0.39, 0.29) is 6.10 Å². The molecule has 2 heterocycles. The minimum atomic E-state index is 0.251. The highest BCUT2D eigenvalue weighted by Crippen LogP contribution is 2.29. The van der Waals surface area contributed by atoms with Gasteiger partial charge in [-0.25, -0.2) is 0 Å². The molecule has 21 heavy (non-hydrogen) atoms. The van der Waals surface area contributed by atoms with Gasteiger partial charge in [0.2, 0.25) is 0 Å². The number of fused-ring (bicyclic) bond motifs is 1. The van der Waals surface area contributed by atoms with Crippen LogP contribution in [0.15, 0.2) is 42.7 Å². The van der Waals surface area contributed by atoms with E-state index in [2.05, 4.69) is 60.4 Å². The van der Waals surface area contributed by atoms with Gasteiger partial charge in [-0.2, -0.15) is 0 Å². The molecule has 0 saturated heterocycles. The summed E-state index contributed by atoms with van der Waals surface area (Å²) in [6.07, 6.45) is 6.82. The largest absolute Gasteiger partial charge is 0.488 e. The number of benzene rings is 1. The van der Waals surface area contributed by atoms with Crippen LogP contribution < -0.4 is 10.1 Å². The maximum Gasteiger partial charge on any atom is 0.123 e. The third-order valence-electron chi connectivity index (χ3n) is 4.10. The predicted molar refractivity (Wildman–Crippen MR) is 85.7 cm³/mol. The molecule has 0 aliphatic carbocycles. The summed E-state index contributed by atoms with van der Waals surface area (Å²) in [6, 6.07) is 11.0. The summed E-state index contributed by atoms with van der Waals surface area (Å²) in [5.41, 5.74) is 2.67. The molecule has 2 unspecified atom stereocenters. The first-order valence-electron chi connectivity index (χ1n) is 7.90. The Balaban J connectivity index is 1.59. The van der Waals surface area contributed by atoms with Crippen LogP contribution in [-0.4, -0.2) is 17.2 Å². The summed E-state index contributed by atoms with van der Waals surface area (Å²) >= 11 is 0. The fraction of sp³-hybridized carbons (Fsp3) is 0.444. The fourth-order valence-corrected chi connectivity index (χ4v) is 2.90. The van der Waals surface area contributed by atoms with Crippen molar-refractivity contribution >= 4 is 0 Å². The van der Waals surface area contributed by atoms with Crippen molar-refractivity contribution in [2.75, 3.05) is 6.54 Å². The van der Waals surface area contributed by atoms with E-state index in [9.17, 15) is 0 Å². The molecule has 1 aromatic carbocycles. The van der Waals surface area contributed by atoms with Gasteiger partial charge in [0.1, 0.15) is 11.9 Å². The maximum absolute atomic E-state index is 6.01. The average Bonchev–Trinajstić information content (AvgIpc) is 3.11. The average molecular weight is 284 g/mol. The normalized spacial score (nSPS) is 18.3. The Morgan fingerprint density at radius 3 is 3.00 bits per heavy atom. The highest BCUT2D eigenvalue weighted by atomic mass is 16.5. The molecule has 0 radical (unpaired) electrons. The standard InChI is InChI=1S/C18H24N2O/c1-3-9-19-14(2)16-8-10-20(12-16)13-17-11-15-6-4-5-7-18(15)21-17/h4-8,10,12,14,17,19H,3,9,11,13H2,1-2H3. The molecule has 2 aromatic rings. The van der Waals surface area contributed by atoms with Gasteiger partial charge < -0.3 is 14.6 Å². The molecule has 1 aromatic heterocycles. The van der Waals surface area contributed by atoms with Crippen molar-refractivity contribution in [3.8, 4) is 5.75 Å². The van der Waals surface area contributed by atoms with Crippen molar-refractivity contribution < 1.29 is 4.74 Å². The lowest BCUT2D eigenvalue weighted by molar-refractivity contribution is 0.209. The van der Waals surface area contributed by atoms with E-state index < -0.39 is 0 Å². The van der Waals surface area contributed by atoms with Crippen LogP contribution in [0, 0.1) is 0 Å². The number of hydrogen-bond acceptors (Lipinski definition) is 2. The van der Waals surface area contributed by atoms with Crippen LogP contribution in [0.1, 0.15) is 37.4 Å². The molecule has 0 amide bonds. The van der Waals surface area contributed by atoms with Gasteiger partial charge in [-0.15, -0.1) is 0 Å². The van der Waals surface area contributed by atoms with Crippen LogP contribution in [0.2, 0.25) is 0 Å². The minimum Gasteiger partial charge on any atom is -0.488 e. The van der Waals surface area contributed by atoms with Crippen LogP contribution >= 0.6 is 0 Å². The summed E-state index contributed by atoms with van der Waals surface area (Å²) in [5.74, 6) is 1.05. The molecule has 1 N–H and O–H groups in total. The first-order valence-corrected chi connectivity index (χ1v) is 7.90. The SMILES string of the molecule is CCCNC(C)c1ccn(CC2Cc3ccccc3O2)c1. The Morgan fingerprint density at radius 1 is 1.33 bits per heavy atom. The summed E-state index contributed by atoms with van der Waals surface area (Å²) in [5, 5.41) is 3.53. The van der Waals surface area contributed by atoms with Crippen LogP contribution in [0.25, 0.3) is 0 Å². The van der Waals surface area contributed by atoms with E-state index in [0.29, 0.717) is 6.04 Å². The highest BCUT2D eigenvalue weighted by Gasteiger charge is 2.22. The van der Waals surface area contributed by atoms with E-state index in [1.807, 2.05) is 6.07 Å². The topological polar surface area (TPSA) is 26.2 Å². The smallest absolute Gasteiger partial charge is 0.123 e. The first-order chi connectivity index (χ1) is 10.3. The summed E-state index contributed by atoms with van der Waals surface area (Å²) in [4.78, 5) is 0. The quantitative estimate of drug-likeness (QED) is 0.878. The monoisotopic (exact) mass is 284 g/mol. The molecule has 1 aliphatic heterocycles. The Bertz CT molecular complexity index is 565. The van der Waals surface area contributed by atoms with Gasteiger partial charge in [0.25, 0.3) is 0 Å². The van der Waals surface area contributed by atoms with E-state index in [4.69, 9.17) is 4.74 Å². The lowest BCUT2D eigenvalue weighted by Crippen LogP contribution is -2.20. The van der Waals surface area contributed by atoms with Crippen molar-refractivity contribution in [2.24, 2.45) is 0 Å². The third-order valence-corrected chi connectivity index (χ3v) is 4.10. The lowest BCUT2D eigenvalue weighted by Gasteiger charge is -2.13. The number of aromatic nitrogens is 1. The zero-order valence-corrected chi connectivity index (χ0v) is 12.9. The molecule has 0 spiro atoms. The molecule has 3 nitrogen and oxygen atoms in total.